The second-order valence-corrected chi connectivity index (χ2v) is 7.76. The quantitative estimate of drug-likeness (QED) is 0.708. The lowest BCUT2D eigenvalue weighted by Crippen LogP contribution is -2.49. The molecule has 1 saturated heterocycles. The minimum absolute atomic E-state index is 0.209. The maximum atomic E-state index is 12.9. The van der Waals surface area contributed by atoms with Gasteiger partial charge in [0.25, 0.3) is 5.91 Å². The van der Waals surface area contributed by atoms with E-state index < -0.39 is 0 Å². The summed E-state index contributed by atoms with van der Waals surface area (Å²) in [6, 6.07) is 16.4. The van der Waals surface area contributed by atoms with Gasteiger partial charge in [-0.2, -0.15) is 0 Å². The third-order valence-corrected chi connectivity index (χ3v) is 6.01. The Labute approximate surface area is 165 Å². The van der Waals surface area contributed by atoms with Crippen LogP contribution < -0.4 is 0 Å². The van der Waals surface area contributed by atoms with Gasteiger partial charge >= 0.3 is 0 Å². The summed E-state index contributed by atoms with van der Waals surface area (Å²) in [5, 5.41) is 0. The fourth-order valence-corrected chi connectivity index (χ4v) is 4.48. The van der Waals surface area contributed by atoms with E-state index in [4.69, 9.17) is 4.98 Å². The molecule has 3 aromatic rings. The summed E-state index contributed by atoms with van der Waals surface area (Å²) in [6.45, 7) is 3.65. The van der Waals surface area contributed by atoms with Crippen molar-refractivity contribution in [1.82, 2.24) is 19.8 Å². The second kappa shape index (κ2) is 7.32. The largest absolute Gasteiger partial charge is 0.335 e. The molecule has 2 aliphatic rings. The molecule has 1 fully saturated rings. The summed E-state index contributed by atoms with van der Waals surface area (Å²) in [4.78, 5) is 26.7. The predicted octanol–water partition coefficient (Wildman–Crippen LogP) is 3.29. The van der Waals surface area contributed by atoms with E-state index in [1.54, 1.807) is 0 Å². The zero-order valence-corrected chi connectivity index (χ0v) is 15.9. The van der Waals surface area contributed by atoms with E-state index in [1.807, 2.05) is 48.7 Å². The van der Waals surface area contributed by atoms with E-state index in [0.29, 0.717) is 6.04 Å². The number of hydrogen-bond acceptors (Lipinski definition) is 4. The maximum Gasteiger partial charge on any atom is 0.254 e. The minimum Gasteiger partial charge on any atom is -0.335 e. The number of aromatic nitrogens is 2. The highest BCUT2D eigenvalue weighted by molar-refractivity contribution is 5.96. The Kier molecular flexibility index (Phi) is 4.53. The highest BCUT2D eigenvalue weighted by Gasteiger charge is 2.32. The number of rotatable bonds is 3. The molecule has 0 unspecified atom stereocenters. The molecular weight excluding hydrogens is 348 g/mol. The van der Waals surface area contributed by atoms with Gasteiger partial charge in [0.15, 0.2) is 0 Å². The number of benzene rings is 2. The van der Waals surface area contributed by atoms with Crippen molar-refractivity contribution in [3.8, 4) is 0 Å². The number of nitrogens with zero attached hydrogens (tertiary/aromatic N) is 4. The number of para-hydroxylation sites is 2. The Morgan fingerprint density at radius 2 is 1.68 bits per heavy atom. The van der Waals surface area contributed by atoms with E-state index >= 15 is 0 Å². The Balaban J connectivity index is 1.22. The summed E-state index contributed by atoms with van der Waals surface area (Å²) in [7, 11) is 0. The zero-order valence-electron chi connectivity index (χ0n) is 15.9. The van der Waals surface area contributed by atoms with Gasteiger partial charge in [0.1, 0.15) is 0 Å². The molecule has 2 aromatic carbocycles. The second-order valence-electron chi connectivity index (χ2n) is 7.76. The van der Waals surface area contributed by atoms with Crippen LogP contribution in [0.3, 0.4) is 0 Å². The van der Waals surface area contributed by atoms with Crippen LogP contribution in [0, 0.1) is 0 Å². The third kappa shape index (κ3) is 3.27. The molecule has 142 valence electrons. The molecule has 0 radical (unpaired) electrons. The number of likely N-dealkylation sites (tertiary alicyclic amines) is 1. The molecule has 0 atom stereocenters. The van der Waals surface area contributed by atoms with Gasteiger partial charge < -0.3 is 4.90 Å². The Morgan fingerprint density at radius 3 is 2.54 bits per heavy atom. The highest BCUT2D eigenvalue weighted by atomic mass is 16.2. The molecule has 0 aliphatic carbocycles. The minimum atomic E-state index is 0.209. The van der Waals surface area contributed by atoms with Crippen molar-refractivity contribution in [3.63, 3.8) is 0 Å². The average molecular weight is 372 g/mol. The molecule has 28 heavy (non-hydrogen) atoms. The topological polar surface area (TPSA) is 49.3 Å². The van der Waals surface area contributed by atoms with Crippen LogP contribution >= 0.6 is 0 Å². The first-order valence-corrected chi connectivity index (χ1v) is 10.1. The summed E-state index contributed by atoms with van der Waals surface area (Å²) in [5.41, 5.74) is 4.99. The smallest absolute Gasteiger partial charge is 0.254 e. The number of hydrogen-bond donors (Lipinski definition) is 0. The number of carbonyl (C=O) groups is 1. The van der Waals surface area contributed by atoms with Gasteiger partial charge in [0.05, 0.1) is 22.9 Å². The molecule has 5 nitrogen and oxygen atoms in total. The molecule has 0 saturated carbocycles. The normalized spacial score (nSPS) is 18.4. The SMILES string of the molecule is O=C1c2ccccc2CCN1C1CCN(Cc2cnc3ccccc3n2)CC1. The summed E-state index contributed by atoms with van der Waals surface area (Å²) < 4.78 is 0. The first kappa shape index (κ1) is 17.3. The number of carbonyl (C=O) groups excluding carboxylic acids is 1. The summed E-state index contributed by atoms with van der Waals surface area (Å²) >= 11 is 0. The Morgan fingerprint density at radius 1 is 0.929 bits per heavy atom. The van der Waals surface area contributed by atoms with Crippen LogP contribution in [-0.4, -0.2) is 51.4 Å². The van der Waals surface area contributed by atoms with Crippen molar-refractivity contribution >= 4 is 16.9 Å². The maximum absolute atomic E-state index is 12.9. The van der Waals surface area contributed by atoms with Gasteiger partial charge in [-0.3, -0.25) is 14.7 Å². The lowest BCUT2D eigenvalue weighted by Gasteiger charge is -2.40. The van der Waals surface area contributed by atoms with Crippen LogP contribution in [0.5, 0.6) is 0 Å². The van der Waals surface area contributed by atoms with Crippen molar-refractivity contribution in [2.24, 2.45) is 0 Å². The van der Waals surface area contributed by atoms with Crippen LogP contribution in [0.4, 0.5) is 0 Å². The fourth-order valence-electron chi connectivity index (χ4n) is 4.48. The van der Waals surface area contributed by atoms with Crippen molar-refractivity contribution < 1.29 is 4.79 Å². The van der Waals surface area contributed by atoms with Gasteiger partial charge in [0, 0.05) is 37.8 Å². The molecule has 1 amide bonds. The van der Waals surface area contributed by atoms with Gasteiger partial charge in [0.2, 0.25) is 0 Å². The third-order valence-electron chi connectivity index (χ3n) is 6.01. The standard InChI is InChI=1S/C23H24N4O/c28-23-20-6-2-1-5-17(20)9-14-27(23)19-10-12-26(13-11-19)16-18-15-24-21-7-3-4-8-22(21)25-18/h1-8,15,19H,9-14,16H2. The Bertz CT molecular complexity index is 1010. The van der Waals surface area contributed by atoms with E-state index in [1.165, 1.54) is 5.56 Å². The molecule has 0 bridgehead atoms. The molecule has 5 rings (SSSR count). The molecule has 2 aliphatic heterocycles. The number of fused-ring (bicyclic) bond motifs is 2. The molecule has 3 heterocycles. The predicted molar refractivity (Wildman–Crippen MR) is 109 cm³/mol. The van der Waals surface area contributed by atoms with Crippen LogP contribution in [-0.2, 0) is 13.0 Å². The number of piperidine rings is 1. The van der Waals surface area contributed by atoms with Crippen molar-refractivity contribution in [2.45, 2.75) is 31.8 Å². The zero-order chi connectivity index (χ0) is 18.9. The van der Waals surface area contributed by atoms with E-state index in [-0.39, 0.29) is 5.91 Å². The molecule has 0 spiro atoms. The molecule has 0 N–H and O–H groups in total. The number of amides is 1. The summed E-state index contributed by atoms with van der Waals surface area (Å²) in [6.07, 6.45) is 4.90. The van der Waals surface area contributed by atoms with Crippen LogP contribution in [0.25, 0.3) is 11.0 Å². The first-order valence-electron chi connectivity index (χ1n) is 10.1. The van der Waals surface area contributed by atoms with E-state index in [0.717, 1.165) is 67.7 Å². The fraction of sp³-hybridized carbons (Fsp3) is 0.348. The molecule has 1 aromatic heterocycles. The van der Waals surface area contributed by atoms with Gasteiger partial charge in [-0.05, 0) is 43.0 Å². The van der Waals surface area contributed by atoms with Crippen molar-refractivity contribution in [1.29, 1.82) is 0 Å². The van der Waals surface area contributed by atoms with Crippen LogP contribution in [0.1, 0.15) is 34.5 Å². The Hall–Kier alpha value is -2.79. The highest BCUT2D eigenvalue weighted by Crippen LogP contribution is 2.25. The molecule has 5 heteroatoms. The van der Waals surface area contributed by atoms with Crippen molar-refractivity contribution in [3.05, 3.63) is 71.5 Å². The van der Waals surface area contributed by atoms with E-state index in [9.17, 15) is 4.79 Å². The van der Waals surface area contributed by atoms with Gasteiger partial charge in [-0.25, -0.2) is 4.98 Å². The van der Waals surface area contributed by atoms with Crippen molar-refractivity contribution in [2.75, 3.05) is 19.6 Å². The van der Waals surface area contributed by atoms with Crippen LogP contribution in [0.15, 0.2) is 54.7 Å². The van der Waals surface area contributed by atoms with E-state index in [2.05, 4.69) is 20.9 Å². The first-order chi connectivity index (χ1) is 13.8. The summed E-state index contributed by atoms with van der Waals surface area (Å²) in [5.74, 6) is 0.209. The lowest BCUT2D eigenvalue weighted by molar-refractivity contribution is 0.0545. The monoisotopic (exact) mass is 372 g/mol. The lowest BCUT2D eigenvalue weighted by atomic mass is 9.95. The van der Waals surface area contributed by atoms with Gasteiger partial charge in [-0.15, -0.1) is 0 Å². The molecular formula is C23H24N4O. The average Bonchev–Trinajstić information content (AvgIpc) is 2.75. The van der Waals surface area contributed by atoms with Gasteiger partial charge in [-0.1, -0.05) is 30.3 Å². The van der Waals surface area contributed by atoms with Crippen LogP contribution in [0.2, 0.25) is 0 Å².